The monoisotopic (exact) mass is 876 g/mol. The number of nitriles is 2. The molecule has 2 N–H and O–H groups in total. The molecule has 16 heteroatoms. The highest BCUT2D eigenvalue weighted by Crippen LogP contribution is 2.37. The molecular weight excluding hydrogens is 830 g/mol. The first-order valence-corrected chi connectivity index (χ1v) is 19.0. The highest BCUT2D eigenvalue weighted by Gasteiger charge is 2.52. The summed E-state index contributed by atoms with van der Waals surface area (Å²) < 4.78 is 32.8. The van der Waals surface area contributed by atoms with Crippen molar-refractivity contribution in [3.63, 3.8) is 0 Å². The van der Waals surface area contributed by atoms with Crippen LogP contribution in [0.1, 0.15) is 96.4 Å². The summed E-state index contributed by atoms with van der Waals surface area (Å²) in [6, 6.07) is 14.8. The maximum Gasteiger partial charge on any atom is 0.495 e. The van der Waals surface area contributed by atoms with Crippen molar-refractivity contribution in [2.75, 3.05) is 40.6 Å². The van der Waals surface area contributed by atoms with E-state index < -0.39 is 24.3 Å². The number of H-pyrrole nitrogens is 2. The summed E-state index contributed by atoms with van der Waals surface area (Å²) in [4.78, 5) is 38.4. The van der Waals surface area contributed by atoms with Gasteiger partial charge in [-0.3, -0.25) is 0 Å². The Labute approximate surface area is 340 Å². The van der Waals surface area contributed by atoms with Crippen molar-refractivity contribution in [2.45, 2.75) is 77.4 Å². The number of benzene rings is 2. The zero-order valence-electron chi connectivity index (χ0n) is 33.3. The maximum absolute atomic E-state index is 11.8. The van der Waals surface area contributed by atoms with E-state index in [9.17, 15) is 14.9 Å². The van der Waals surface area contributed by atoms with Crippen LogP contribution in [0.3, 0.4) is 0 Å². The van der Waals surface area contributed by atoms with Gasteiger partial charge in [0, 0.05) is 5.56 Å². The zero-order valence-corrected chi connectivity index (χ0v) is 35.5. The summed E-state index contributed by atoms with van der Waals surface area (Å²) >= 11 is 2.08. The van der Waals surface area contributed by atoms with Gasteiger partial charge in [0.15, 0.2) is 11.4 Å². The number of hydrogen-bond donors (Lipinski definition) is 2. The quantitative estimate of drug-likeness (QED) is 0.139. The van der Waals surface area contributed by atoms with Gasteiger partial charge < -0.3 is 38.2 Å². The van der Waals surface area contributed by atoms with Gasteiger partial charge in [-0.2, -0.15) is 10.5 Å². The molecule has 3 saturated heterocycles. The number of nitrogens with one attached hydrogen (secondary N) is 2. The van der Waals surface area contributed by atoms with Gasteiger partial charge in [0.2, 0.25) is 0 Å². The number of aromatic nitrogens is 4. The van der Waals surface area contributed by atoms with E-state index in [0.29, 0.717) is 54.6 Å². The Hall–Kier alpha value is -4.59. The van der Waals surface area contributed by atoms with E-state index >= 15 is 0 Å². The van der Waals surface area contributed by atoms with Gasteiger partial charge >= 0.3 is 19.1 Å². The van der Waals surface area contributed by atoms with Crippen molar-refractivity contribution < 1.29 is 37.8 Å². The van der Waals surface area contributed by atoms with Gasteiger partial charge in [0.1, 0.15) is 27.5 Å². The first-order chi connectivity index (χ1) is 26.3. The van der Waals surface area contributed by atoms with Crippen molar-refractivity contribution in [3.05, 3.63) is 85.4 Å². The Morgan fingerprint density at radius 2 is 1.21 bits per heavy atom. The molecule has 2 aromatic carbocycles. The smallest absolute Gasteiger partial charge is 0.465 e. The van der Waals surface area contributed by atoms with Gasteiger partial charge in [-0.15, -0.1) is 0 Å². The molecule has 0 radical (unpaired) electrons. The first kappa shape index (κ1) is 42.6. The molecular formula is C40H46BIN6O8. The van der Waals surface area contributed by atoms with E-state index in [1.807, 2.05) is 66.7 Å². The van der Waals surface area contributed by atoms with Crippen molar-refractivity contribution in [1.82, 2.24) is 19.9 Å². The van der Waals surface area contributed by atoms with E-state index in [1.54, 1.807) is 24.3 Å². The molecule has 5 heterocycles. The van der Waals surface area contributed by atoms with E-state index in [2.05, 4.69) is 55.5 Å². The summed E-state index contributed by atoms with van der Waals surface area (Å²) in [5, 5.41) is 18.1. The molecule has 3 aliphatic rings. The summed E-state index contributed by atoms with van der Waals surface area (Å²) in [5.74, 6) is 0.824. The van der Waals surface area contributed by atoms with Crippen LogP contribution in [0.15, 0.2) is 36.4 Å². The summed E-state index contributed by atoms with van der Waals surface area (Å²) in [7, 11) is 2.25. The highest BCUT2D eigenvalue weighted by atomic mass is 127. The summed E-state index contributed by atoms with van der Waals surface area (Å²) in [6.07, 6.45) is 0. The van der Waals surface area contributed by atoms with Crippen LogP contribution in [0.4, 0.5) is 0 Å². The Bertz CT molecular complexity index is 2190. The molecule has 294 valence electrons. The largest absolute Gasteiger partial charge is 0.495 e. The van der Waals surface area contributed by atoms with Gasteiger partial charge in [0.05, 0.1) is 79.5 Å². The number of esters is 2. The molecule has 0 amide bonds. The average molecular weight is 877 g/mol. The third-order valence-corrected chi connectivity index (χ3v) is 11.3. The number of aromatic amines is 2. The third-order valence-electron chi connectivity index (χ3n) is 10.5. The van der Waals surface area contributed by atoms with E-state index in [-0.39, 0.29) is 16.8 Å². The molecule has 0 atom stereocenters. The minimum absolute atomic E-state index is 0.0188. The van der Waals surface area contributed by atoms with Crippen molar-refractivity contribution in [1.29, 1.82) is 10.5 Å². The molecule has 4 aromatic rings. The average Bonchev–Trinajstić information content (AvgIpc) is 3.82. The van der Waals surface area contributed by atoms with Crippen LogP contribution in [0.25, 0.3) is 11.3 Å². The number of imidazole rings is 2. The molecule has 0 unspecified atom stereocenters. The lowest BCUT2D eigenvalue weighted by Gasteiger charge is -2.36. The number of carbonyl (C=O) groups excluding carboxylic acids is 2. The Kier molecular flexibility index (Phi) is 12.5. The normalized spacial score (nSPS) is 18.0. The van der Waals surface area contributed by atoms with Crippen molar-refractivity contribution in [2.24, 2.45) is 0 Å². The molecule has 14 nitrogen and oxygen atoms in total. The molecule has 3 fully saturated rings. The van der Waals surface area contributed by atoms with Crippen LogP contribution in [0, 0.1) is 40.2 Å². The second-order valence-corrected chi connectivity index (χ2v) is 16.6. The van der Waals surface area contributed by atoms with Gasteiger partial charge in [0.25, 0.3) is 0 Å². The standard InChI is InChI=1S/C17H17N3O3.C15H21BO4.C8H8IN3O/c1-10-4-5-11(15(21)22-3)6-12(10)14-13(7-18)19-16(20-14)17(2)8-23-9-17;1-10-7-8-11(13(17)18-6)9-12(10)16-19-14(2,3)15(4,5)20-16;1-8(3-13-4-8)7-11-5(2-10)6(9)12-7/h4-6H,8-9H2,1-3H3,(H,19,20);7-9H,1-6H3;3-4H2,1H3,(H,11,12). The molecule has 56 heavy (non-hydrogen) atoms. The molecule has 0 aliphatic carbocycles. The fourth-order valence-corrected chi connectivity index (χ4v) is 6.48. The lowest BCUT2D eigenvalue weighted by atomic mass is 9.75. The fourth-order valence-electron chi connectivity index (χ4n) is 5.98. The summed E-state index contributed by atoms with van der Waals surface area (Å²) in [6.45, 7) is 18.6. The molecule has 7 rings (SSSR count). The van der Waals surface area contributed by atoms with Gasteiger partial charge in [-0.05, 0) is 113 Å². The minimum atomic E-state index is -0.468. The third kappa shape index (κ3) is 8.55. The van der Waals surface area contributed by atoms with E-state index in [1.165, 1.54) is 14.2 Å². The van der Waals surface area contributed by atoms with Crippen molar-refractivity contribution in [3.8, 4) is 23.4 Å². The molecule has 0 saturated carbocycles. The van der Waals surface area contributed by atoms with Gasteiger partial charge in [-0.25, -0.2) is 19.6 Å². The topological polar surface area (TPSA) is 194 Å². The molecule has 2 aromatic heterocycles. The fraction of sp³-hybridized carbons (Fsp3) is 0.450. The number of hydrogen-bond acceptors (Lipinski definition) is 12. The van der Waals surface area contributed by atoms with Gasteiger partial charge in [-0.1, -0.05) is 17.7 Å². The Balaban J connectivity index is 0.000000167. The van der Waals surface area contributed by atoms with Crippen LogP contribution in [0.2, 0.25) is 0 Å². The maximum atomic E-state index is 11.8. The first-order valence-electron chi connectivity index (χ1n) is 17.9. The van der Waals surface area contributed by atoms with Crippen LogP contribution in [0.5, 0.6) is 0 Å². The number of methoxy groups -OCH3 is 2. The molecule has 3 aliphatic heterocycles. The highest BCUT2D eigenvalue weighted by molar-refractivity contribution is 14.1. The van der Waals surface area contributed by atoms with Crippen LogP contribution in [-0.2, 0) is 39.1 Å². The lowest BCUT2D eigenvalue weighted by Crippen LogP contribution is -2.44. The zero-order chi connectivity index (χ0) is 41.2. The SMILES string of the molecule is CC1(c2nc(C#N)c(I)[nH]2)COC1.COC(=O)c1ccc(C)c(-c2[nH]c(C3(C)COC3)nc2C#N)c1.COC(=O)c1ccc(C)c(B2OC(C)(C)C(C)(C)O2)c1. The number of aryl methyl sites for hydroxylation is 2. The van der Waals surface area contributed by atoms with Crippen molar-refractivity contribution >= 4 is 47.1 Å². The van der Waals surface area contributed by atoms with Crippen LogP contribution < -0.4 is 5.46 Å². The number of nitrogens with zero attached hydrogens (tertiary/aromatic N) is 4. The van der Waals surface area contributed by atoms with E-state index in [4.69, 9.17) is 33.5 Å². The Morgan fingerprint density at radius 3 is 1.66 bits per heavy atom. The lowest BCUT2D eigenvalue weighted by molar-refractivity contribution is -0.0540. The van der Waals surface area contributed by atoms with Crippen LogP contribution in [-0.4, -0.2) is 90.8 Å². The second-order valence-electron chi connectivity index (χ2n) is 15.6. The Morgan fingerprint density at radius 1 is 0.750 bits per heavy atom. The second kappa shape index (κ2) is 16.5. The van der Waals surface area contributed by atoms with Crippen LogP contribution >= 0.6 is 22.6 Å². The minimum Gasteiger partial charge on any atom is -0.465 e. The number of rotatable bonds is 6. The predicted molar refractivity (Wildman–Crippen MR) is 215 cm³/mol. The summed E-state index contributed by atoms with van der Waals surface area (Å²) in [5.41, 5.74) is 4.95. The predicted octanol–water partition coefficient (Wildman–Crippen LogP) is 5.59. The number of halogens is 1. The molecule has 0 bridgehead atoms. The number of ether oxygens (including phenoxy) is 4. The molecule has 0 spiro atoms. The van der Waals surface area contributed by atoms with E-state index in [0.717, 1.165) is 37.5 Å². The number of carbonyl (C=O) groups is 2.